The number of pyridine rings is 1. The van der Waals surface area contributed by atoms with Crippen molar-refractivity contribution in [3.8, 4) is 6.07 Å². The molecule has 1 unspecified atom stereocenters. The summed E-state index contributed by atoms with van der Waals surface area (Å²) in [5.74, 6) is 2.84. The van der Waals surface area contributed by atoms with Crippen LogP contribution in [0.3, 0.4) is 0 Å². The number of nitrogens with zero attached hydrogens (tertiary/aromatic N) is 7. The van der Waals surface area contributed by atoms with Gasteiger partial charge in [0.2, 0.25) is 5.95 Å². The van der Waals surface area contributed by atoms with Gasteiger partial charge in [-0.2, -0.15) is 20.3 Å². The summed E-state index contributed by atoms with van der Waals surface area (Å²) in [6.07, 6.45) is 8.75. The molecular weight excluding hydrogens is 440 g/mol. The molecule has 2 fully saturated rings. The zero-order valence-electron chi connectivity index (χ0n) is 20.3. The fourth-order valence-corrected chi connectivity index (χ4v) is 5.34. The molecule has 0 radical (unpaired) electrons. The van der Waals surface area contributed by atoms with Gasteiger partial charge in [0.15, 0.2) is 5.82 Å². The monoisotopic (exact) mass is 472 g/mol. The maximum atomic E-state index is 9.01. The number of aryl methyl sites for hydroxylation is 1. The van der Waals surface area contributed by atoms with E-state index in [1.807, 2.05) is 38.4 Å². The topological polar surface area (TPSA) is 122 Å². The van der Waals surface area contributed by atoms with Gasteiger partial charge in [-0.25, -0.2) is 0 Å². The molecule has 3 aromatic rings. The quantitative estimate of drug-likeness (QED) is 0.429. The smallest absolute Gasteiger partial charge is 0.226 e. The number of aromatic nitrogens is 5. The second kappa shape index (κ2) is 10.3. The Labute approximate surface area is 205 Å². The van der Waals surface area contributed by atoms with Crippen molar-refractivity contribution in [2.24, 2.45) is 0 Å². The molecule has 0 amide bonds. The molecule has 2 bridgehead atoms. The molecule has 0 saturated carbocycles. The van der Waals surface area contributed by atoms with E-state index >= 15 is 0 Å². The standard InChI is InChI=1S/C25H32N10/c1-17-11-23(33-32-17)29-22-14-24(34(2)16-18-5-3-9-27-15-18)31-25(30-22)28-19-12-20-6-7-21(13-19)35(20)10-4-8-26/h3,5,9,11,14-15,19-21H,4,6-7,10,12-13,16H2,1-2H3,(H3,28,29,30,31,32,33)/t19?,20-,21+. The minimum absolute atomic E-state index is 0.310. The summed E-state index contributed by atoms with van der Waals surface area (Å²) in [7, 11) is 2.02. The van der Waals surface area contributed by atoms with Crippen LogP contribution in [-0.4, -0.2) is 61.8 Å². The lowest BCUT2D eigenvalue weighted by molar-refractivity contribution is 0.135. The highest BCUT2D eigenvalue weighted by Gasteiger charge is 2.40. The molecule has 2 aliphatic rings. The molecule has 3 aromatic heterocycles. The molecule has 5 heterocycles. The summed E-state index contributed by atoms with van der Waals surface area (Å²) in [6, 6.07) is 11.6. The number of fused-ring (bicyclic) bond motifs is 2. The average molecular weight is 473 g/mol. The Morgan fingerprint density at radius 1 is 1.20 bits per heavy atom. The van der Waals surface area contributed by atoms with Gasteiger partial charge in [0.1, 0.15) is 11.6 Å². The van der Waals surface area contributed by atoms with Crippen LogP contribution in [-0.2, 0) is 6.54 Å². The minimum atomic E-state index is 0.310. The number of anilines is 4. The summed E-state index contributed by atoms with van der Waals surface area (Å²) < 4.78 is 0. The Bertz CT molecular complexity index is 1160. The zero-order valence-corrected chi connectivity index (χ0v) is 20.3. The zero-order chi connectivity index (χ0) is 24.2. The number of H-pyrrole nitrogens is 1. The number of rotatable bonds is 9. The van der Waals surface area contributed by atoms with E-state index in [0.29, 0.717) is 42.9 Å². The van der Waals surface area contributed by atoms with E-state index < -0.39 is 0 Å². The predicted octanol–water partition coefficient (Wildman–Crippen LogP) is 3.60. The number of piperidine rings is 1. The average Bonchev–Trinajstić information content (AvgIpc) is 3.36. The fraction of sp³-hybridized carbons (Fsp3) is 0.480. The second-order valence-electron chi connectivity index (χ2n) is 9.56. The van der Waals surface area contributed by atoms with Crippen molar-refractivity contribution in [1.82, 2.24) is 30.0 Å². The van der Waals surface area contributed by atoms with Crippen LogP contribution < -0.4 is 15.5 Å². The van der Waals surface area contributed by atoms with Crippen LogP contribution >= 0.6 is 0 Å². The lowest BCUT2D eigenvalue weighted by atomic mass is 9.97. The van der Waals surface area contributed by atoms with E-state index in [1.165, 1.54) is 12.8 Å². The van der Waals surface area contributed by atoms with Gasteiger partial charge in [-0.1, -0.05) is 6.07 Å². The van der Waals surface area contributed by atoms with Crippen molar-refractivity contribution < 1.29 is 0 Å². The van der Waals surface area contributed by atoms with E-state index in [9.17, 15) is 0 Å². The summed E-state index contributed by atoms with van der Waals surface area (Å²) in [6.45, 7) is 3.53. The Balaban J connectivity index is 1.34. The fourth-order valence-electron chi connectivity index (χ4n) is 5.34. The summed E-state index contributed by atoms with van der Waals surface area (Å²) in [5.41, 5.74) is 2.09. The highest BCUT2D eigenvalue weighted by Crippen LogP contribution is 2.36. The third-order valence-corrected chi connectivity index (χ3v) is 6.91. The van der Waals surface area contributed by atoms with Gasteiger partial charge in [0, 0.05) is 74.9 Å². The van der Waals surface area contributed by atoms with Crippen molar-refractivity contribution in [1.29, 1.82) is 5.26 Å². The summed E-state index contributed by atoms with van der Waals surface area (Å²) in [4.78, 5) is 18.5. The molecule has 182 valence electrons. The number of nitrogens with one attached hydrogen (secondary N) is 3. The van der Waals surface area contributed by atoms with Gasteiger partial charge < -0.3 is 15.5 Å². The van der Waals surface area contributed by atoms with Gasteiger partial charge in [-0.15, -0.1) is 0 Å². The van der Waals surface area contributed by atoms with Crippen molar-refractivity contribution in [2.75, 3.05) is 29.1 Å². The molecule has 0 aromatic carbocycles. The van der Waals surface area contributed by atoms with E-state index in [1.54, 1.807) is 6.20 Å². The molecule has 2 aliphatic heterocycles. The summed E-state index contributed by atoms with van der Waals surface area (Å²) >= 11 is 0. The SMILES string of the molecule is Cc1cc(Nc2cc(N(C)Cc3cccnc3)nc(NC3C[C@H]4CC[C@@H](C3)N4CCC#N)n2)n[nH]1. The largest absolute Gasteiger partial charge is 0.355 e. The summed E-state index contributed by atoms with van der Waals surface area (Å²) in [5, 5.41) is 23.2. The first-order valence-corrected chi connectivity index (χ1v) is 12.2. The number of hydrogen-bond acceptors (Lipinski definition) is 9. The van der Waals surface area contributed by atoms with Crippen molar-refractivity contribution >= 4 is 23.4 Å². The minimum Gasteiger partial charge on any atom is -0.355 e. The third-order valence-electron chi connectivity index (χ3n) is 6.91. The van der Waals surface area contributed by atoms with Crippen LogP contribution in [0.25, 0.3) is 0 Å². The number of nitriles is 1. The Hall–Kier alpha value is -3.71. The van der Waals surface area contributed by atoms with Crippen molar-refractivity contribution in [3.63, 3.8) is 0 Å². The number of aromatic amines is 1. The van der Waals surface area contributed by atoms with Crippen LogP contribution in [0.15, 0.2) is 36.7 Å². The van der Waals surface area contributed by atoms with Crippen LogP contribution in [0.2, 0.25) is 0 Å². The molecule has 3 N–H and O–H groups in total. The van der Waals surface area contributed by atoms with Crippen LogP contribution in [0, 0.1) is 18.3 Å². The van der Waals surface area contributed by atoms with Crippen LogP contribution in [0.4, 0.5) is 23.4 Å². The van der Waals surface area contributed by atoms with Gasteiger partial charge in [0.05, 0.1) is 6.07 Å². The first-order chi connectivity index (χ1) is 17.1. The number of hydrogen-bond donors (Lipinski definition) is 3. The lowest BCUT2D eigenvalue weighted by Gasteiger charge is -2.38. The van der Waals surface area contributed by atoms with Crippen LogP contribution in [0.1, 0.15) is 43.4 Å². The maximum absolute atomic E-state index is 9.01. The molecule has 0 spiro atoms. The first-order valence-electron chi connectivity index (χ1n) is 12.2. The third kappa shape index (κ3) is 5.52. The van der Waals surface area contributed by atoms with Gasteiger partial charge >= 0.3 is 0 Å². The first kappa shape index (κ1) is 23.1. The maximum Gasteiger partial charge on any atom is 0.226 e. The molecule has 5 rings (SSSR count). The highest BCUT2D eigenvalue weighted by molar-refractivity contribution is 5.59. The normalized spacial score (nSPS) is 21.5. The molecule has 2 saturated heterocycles. The molecular formula is C25H32N10. The molecule has 3 atom stereocenters. The molecule has 10 heteroatoms. The van der Waals surface area contributed by atoms with Crippen molar-refractivity contribution in [3.05, 3.63) is 47.9 Å². The Morgan fingerprint density at radius 3 is 2.71 bits per heavy atom. The molecule has 10 nitrogen and oxygen atoms in total. The predicted molar refractivity (Wildman–Crippen MR) is 135 cm³/mol. The van der Waals surface area contributed by atoms with E-state index in [2.05, 4.69) is 47.8 Å². The highest BCUT2D eigenvalue weighted by atomic mass is 15.3. The van der Waals surface area contributed by atoms with E-state index in [0.717, 1.165) is 42.3 Å². The van der Waals surface area contributed by atoms with E-state index in [-0.39, 0.29) is 0 Å². The van der Waals surface area contributed by atoms with Gasteiger partial charge in [0.25, 0.3) is 0 Å². The van der Waals surface area contributed by atoms with E-state index in [4.69, 9.17) is 15.2 Å². The van der Waals surface area contributed by atoms with Gasteiger partial charge in [-0.05, 0) is 44.2 Å². The van der Waals surface area contributed by atoms with Gasteiger partial charge in [-0.3, -0.25) is 15.0 Å². The van der Waals surface area contributed by atoms with Crippen LogP contribution in [0.5, 0.6) is 0 Å². The second-order valence-corrected chi connectivity index (χ2v) is 9.56. The Morgan fingerprint density at radius 2 is 2.03 bits per heavy atom. The molecule has 0 aliphatic carbocycles. The molecule has 35 heavy (non-hydrogen) atoms. The van der Waals surface area contributed by atoms with Crippen molar-refractivity contribution in [2.45, 2.75) is 63.7 Å². The lowest BCUT2D eigenvalue weighted by Crippen LogP contribution is -2.47. The Kier molecular flexibility index (Phi) is 6.77.